The van der Waals surface area contributed by atoms with Crippen molar-refractivity contribution in [1.82, 2.24) is 0 Å². The van der Waals surface area contributed by atoms with Gasteiger partial charge in [0.15, 0.2) is 6.10 Å². The van der Waals surface area contributed by atoms with E-state index in [1.807, 2.05) is 6.08 Å². The van der Waals surface area contributed by atoms with Gasteiger partial charge >= 0.3 is 17.9 Å². The SMILES string of the molecule is CCCCC/C=C\C/C=C\C/C=C\C/C=C\C/C=C\CCC(=O)O[C@H](COC(=O)CCCCC/C=C\C/C=C\C/C=C\C/C=C\CCCCC)COC(=O)CCCCCCCCCCCCCCCCCCCCC. The van der Waals surface area contributed by atoms with Gasteiger partial charge < -0.3 is 14.2 Å². The molecule has 0 fully saturated rings. The second-order valence-corrected chi connectivity index (χ2v) is 20.6. The maximum atomic E-state index is 12.9. The van der Waals surface area contributed by atoms with Crippen LogP contribution in [-0.2, 0) is 28.6 Å². The lowest BCUT2D eigenvalue weighted by atomic mass is 10.0. The summed E-state index contributed by atoms with van der Waals surface area (Å²) in [5.41, 5.74) is 0. The molecule has 6 nitrogen and oxygen atoms in total. The molecule has 0 aliphatic rings. The number of hydrogen-bond donors (Lipinski definition) is 0. The second-order valence-electron chi connectivity index (χ2n) is 20.6. The molecule has 0 aliphatic heterocycles. The molecular formula is C69H116O6. The van der Waals surface area contributed by atoms with Crippen LogP contribution in [0.5, 0.6) is 0 Å². The van der Waals surface area contributed by atoms with Crippen LogP contribution in [-0.4, -0.2) is 37.2 Å². The summed E-state index contributed by atoms with van der Waals surface area (Å²) in [6, 6.07) is 0. The zero-order chi connectivity index (χ0) is 54.3. The largest absolute Gasteiger partial charge is 0.462 e. The Morgan fingerprint density at radius 1 is 0.267 bits per heavy atom. The minimum atomic E-state index is -0.833. The molecule has 0 aromatic rings. The summed E-state index contributed by atoms with van der Waals surface area (Å²) in [6.45, 7) is 6.52. The van der Waals surface area contributed by atoms with E-state index in [-0.39, 0.29) is 31.6 Å². The molecule has 75 heavy (non-hydrogen) atoms. The van der Waals surface area contributed by atoms with Crippen LogP contribution in [0.4, 0.5) is 0 Å². The summed E-state index contributed by atoms with van der Waals surface area (Å²) in [5.74, 6) is -1.03. The van der Waals surface area contributed by atoms with Crippen LogP contribution in [0.3, 0.4) is 0 Å². The van der Waals surface area contributed by atoms with Crippen LogP contribution < -0.4 is 0 Å². The van der Waals surface area contributed by atoms with Crippen molar-refractivity contribution in [3.63, 3.8) is 0 Å². The second kappa shape index (κ2) is 62.6. The van der Waals surface area contributed by atoms with Crippen LogP contribution in [0.1, 0.15) is 290 Å². The Morgan fingerprint density at radius 3 is 0.827 bits per heavy atom. The summed E-state index contributed by atoms with van der Waals surface area (Å²) in [4.78, 5) is 38.3. The van der Waals surface area contributed by atoms with Crippen molar-refractivity contribution in [2.75, 3.05) is 13.2 Å². The minimum Gasteiger partial charge on any atom is -0.462 e. The van der Waals surface area contributed by atoms with E-state index in [0.29, 0.717) is 19.3 Å². The Hall–Kier alpha value is -3.93. The molecule has 0 spiro atoms. The maximum absolute atomic E-state index is 12.9. The van der Waals surface area contributed by atoms with Crippen molar-refractivity contribution in [3.8, 4) is 0 Å². The van der Waals surface area contributed by atoms with Gasteiger partial charge in [-0.05, 0) is 103 Å². The van der Waals surface area contributed by atoms with Crippen molar-refractivity contribution in [2.45, 2.75) is 297 Å². The summed E-state index contributed by atoms with van der Waals surface area (Å²) in [7, 11) is 0. The van der Waals surface area contributed by atoms with Crippen molar-refractivity contribution in [1.29, 1.82) is 0 Å². The number of carbonyl (C=O) groups excluding carboxylic acids is 3. The lowest BCUT2D eigenvalue weighted by Crippen LogP contribution is -2.30. The third kappa shape index (κ3) is 60.8. The highest BCUT2D eigenvalue weighted by atomic mass is 16.6. The van der Waals surface area contributed by atoms with Gasteiger partial charge in [-0.2, -0.15) is 0 Å². The highest BCUT2D eigenvalue weighted by Gasteiger charge is 2.19. The van der Waals surface area contributed by atoms with Gasteiger partial charge in [-0.15, -0.1) is 0 Å². The summed E-state index contributed by atoms with van der Waals surface area (Å²) in [6.07, 6.45) is 85.3. The molecular weight excluding hydrogens is 925 g/mol. The Kier molecular flexibility index (Phi) is 59.3. The molecule has 0 aliphatic carbocycles. The van der Waals surface area contributed by atoms with E-state index < -0.39 is 12.1 Å². The summed E-state index contributed by atoms with van der Waals surface area (Å²) >= 11 is 0. The molecule has 0 saturated heterocycles. The third-order valence-corrected chi connectivity index (χ3v) is 13.3. The average Bonchev–Trinajstić information content (AvgIpc) is 3.41. The fourth-order valence-corrected chi connectivity index (χ4v) is 8.53. The Balaban J connectivity index is 4.54. The fraction of sp³-hybridized carbons (Fsp3) is 0.696. The molecule has 0 heterocycles. The van der Waals surface area contributed by atoms with Crippen LogP contribution in [0, 0.1) is 0 Å². The van der Waals surface area contributed by atoms with Gasteiger partial charge in [-0.25, -0.2) is 0 Å². The van der Waals surface area contributed by atoms with Gasteiger partial charge in [0.1, 0.15) is 13.2 Å². The Labute approximate surface area is 463 Å². The van der Waals surface area contributed by atoms with Crippen LogP contribution in [0.25, 0.3) is 0 Å². The lowest BCUT2D eigenvalue weighted by molar-refractivity contribution is -0.166. The molecule has 0 amide bonds. The summed E-state index contributed by atoms with van der Waals surface area (Å²) < 4.78 is 16.8. The summed E-state index contributed by atoms with van der Waals surface area (Å²) in [5, 5.41) is 0. The quantitative estimate of drug-likeness (QED) is 0.0261. The average molecular weight is 1040 g/mol. The predicted molar refractivity (Wildman–Crippen MR) is 325 cm³/mol. The van der Waals surface area contributed by atoms with Gasteiger partial charge in [0.25, 0.3) is 0 Å². The topological polar surface area (TPSA) is 78.9 Å². The van der Waals surface area contributed by atoms with E-state index in [4.69, 9.17) is 14.2 Å². The van der Waals surface area contributed by atoms with Crippen molar-refractivity contribution < 1.29 is 28.6 Å². The number of hydrogen-bond acceptors (Lipinski definition) is 6. The predicted octanol–water partition coefficient (Wildman–Crippen LogP) is 21.4. The fourth-order valence-electron chi connectivity index (χ4n) is 8.53. The number of esters is 3. The zero-order valence-corrected chi connectivity index (χ0v) is 49.0. The first-order valence-corrected chi connectivity index (χ1v) is 31.4. The van der Waals surface area contributed by atoms with Crippen molar-refractivity contribution in [2.24, 2.45) is 0 Å². The first-order chi connectivity index (χ1) is 37.0. The van der Waals surface area contributed by atoms with Gasteiger partial charge in [0, 0.05) is 19.3 Å². The smallest absolute Gasteiger partial charge is 0.306 e. The van der Waals surface area contributed by atoms with E-state index in [1.54, 1.807) is 0 Å². The molecule has 0 aromatic carbocycles. The van der Waals surface area contributed by atoms with Crippen LogP contribution in [0.2, 0.25) is 0 Å². The Morgan fingerprint density at radius 2 is 0.507 bits per heavy atom. The van der Waals surface area contributed by atoms with E-state index in [0.717, 1.165) is 89.9 Å². The monoisotopic (exact) mass is 1040 g/mol. The minimum absolute atomic E-state index is 0.117. The molecule has 0 aromatic heterocycles. The molecule has 1 atom stereocenters. The Bertz CT molecular complexity index is 1520. The van der Waals surface area contributed by atoms with Gasteiger partial charge in [0.05, 0.1) is 0 Å². The van der Waals surface area contributed by atoms with Gasteiger partial charge in [-0.3, -0.25) is 14.4 Å². The van der Waals surface area contributed by atoms with Crippen LogP contribution in [0.15, 0.2) is 109 Å². The molecule has 0 bridgehead atoms. The van der Waals surface area contributed by atoms with E-state index >= 15 is 0 Å². The van der Waals surface area contributed by atoms with Crippen molar-refractivity contribution >= 4 is 17.9 Å². The molecule has 0 radical (unpaired) electrons. The van der Waals surface area contributed by atoms with Gasteiger partial charge in [0.2, 0.25) is 0 Å². The van der Waals surface area contributed by atoms with Crippen LogP contribution >= 0.6 is 0 Å². The molecule has 428 valence electrons. The number of allylic oxidation sites excluding steroid dienone is 18. The standard InChI is InChI=1S/C69H116O6/c1-4-7-10-13-16-19-22-25-28-31-34-37-40-43-46-49-52-55-58-61-67(70)73-64-66(75-69(72)63-60-57-54-51-48-45-42-39-36-33-30-27-24-21-18-15-12-9-6-3)65-74-68(71)62-59-56-53-50-47-44-41-38-35-32-29-26-23-20-17-14-11-8-5-2/h16,18-19,21,25,27-28,30,34,36-37,39,43,45-46,48,54,57,66H,4-15,17,20,22-24,26,29,31-33,35,38,40-42,44,47,49-53,55-56,58-65H2,1-3H3/b19-16-,21-18-,28-25-,30-27-,37-34-,39-36-,46-43-,48-45-,57-54-/t66-/m1/s1. The van der Waals surface area contributed by atoms with E-state index in [1.165, 1.54) is 154 Å². The number of carbonyl (C=O) groups is 3. The molecule has 0 rings (SSSR count). The molecule has 6 heteroatoms. The highest BCUT2D eigenvalue weighted by molar-refractivity contribution is 5.71. The van der Waals surface area contributed by atoms with Gasteiger partial charge in [-0.1, -0.05) is 278 Å². The lowest BCUT2D eigenvalue weighted by Gasteiger charge is -2.18. The molecule has 0 saturated carbocycles. The molecule has 0 N–H and O–H groups in total. The third-order valence-electron chi connectivity index (χ3n) is 13.3. The highest BCUT2D eigenvalue weighted by Crippen LogP contribution is 2.16. The normalized spacial score (nSPS) is 12.8. The molecule has 0 unspecified atom stereocenters. The van der Waals surface area contributed by atoms with E-state index in [2.05, 4.69) is 124 Å². The number of unbranched alkanes of at least 4 members (excludes halogenated alkanes) is 27. The maximum Gasteiger partial charge on any atom is 0.306 e. The first-order valence-electron chi connectivity index (χ1n) is 31.4. The van der Waals surface area contributed by atoms with Crippen molar-refractivity contribution in [3.05, 3.63) is 109 Å². The number of ether oxygens (including phenoxy) is 3. The van der Waals surface area contributed by atoms with E-state index in [9.17, 15) is 14.4 Å². The first kappa shape index (κ1) is 71.1. The number of rotatable bonds is 56. The zero-order valence-electron chi connectivity index (χ0n) is 49.0.